The lowest BCUT2D eigenvalue weighted by Gasteiger charge is -2.10. The van der Waals surface area contributed by atoms with E-state index in [9.17, 15) is 17.7 Å². The van der Waals surface area contributed by atoms with Gasteiger partial charge in [0.2, 0.25) is 0 Å². The summed E-state index contributed by atoms with van der Waals surface area (Å²) in [6.07, 6.45) is -9.03. The Kier molecular flexibility index (Phi) is 4.42. The van der Waals surface area contributed by atoms with Crippen molar-refractivity contribution in [1.82, 2.24) is 9.97 Å². The first kappa shape index (κ1) is 15.1. The van der Waals surface area contributed by atoms with Crippen molar-refractivity contribution < 1.29 is 22.3 Å². The largest absolute Gasteiger partial charge is 0.435 e. The Morgan fingerprint density at radius 2 is 1.71 bits per heavy atom. The average Bonchev–Trinajstić information content (AvgIpc) is 2.06. The molecule has 0 spiro atoms. The molecular formula is C5Cl4F3N2O2P. The summed E-state index contributed by atoms with van der Waals surface area (Å²) in [5.74, 6) is 0. The molecule has 0 fully saturated rings. The first-order valence-corrected chi connectivity index (χ1v) is 7.69. The maximum Gasteiger partial charge on any atom is 0.435 e. The molecule has 1 heterocycles. The summed E-state index contributed by atoms with van der Waals surface area (Å²) in [6.45, 7) is 0. The fourth-order valence-electron chi connectivity index (χ4n) is 0.724. The van der Waals surface area contributed by atoms with Crippen LogP contribution in [0, 0.1) is 0 Å². The van der Waals surface area contributed by atoms with E-state index in [0.717, 1.165) is 0 Å². The van der Waals surface area contributed by atoms with Crippen LogP contribution in [0.5, 0.6) is 6.01 Å². The minimum absolute atomic E-state index is 0.731. The molecule has 0 unspecified atom stereocenters. The van der Waals surface area contributed by atoms with Gasteiger partial charge in [-0.05, 0) is 0 Å². The zero-order valence-corrected chi connectivity index (χ0v) is 11.2. The topological polar surface area (TPSA) is 52.1 Å². The van der Waals surface area contributed by atoms with Crippen LogP contribution in [-0.2, 0) is 10.7 Å². The van der Waals surface area contributed by atoms with E-state index in [2.05, 4.69) is 14.5 Å². The van der Waals surface area contributed by atoms with Crippen LogP contribution in [0.3, 0.4) is 0 Å². The summed E-state index contributed by atoms with van der Waals surface area (Å²) in [7, 11) is 0. The fourth-order valence-corrected chi connectivity index (χ4v) is 1.72. The highest BCUT2D eigenvalue weighted by Gasteiger charge is 2.38. The molecule has 1 aromatic rings. The van der Waals surface area contributed by atoms with E-state index >= 15 is 0 Å². The zero-order chi connectivity index (χ0) is 13.4. The van der Waals surface area contributed by atoms with E-state index in [1.54, 1.807) is 0 Å². The summed E-state index contributed by atoms with van der Waals surface area (Å²) in [5, 5.41) is -1.64. The molecule has 0 aromatic carbocycles. The molecule has 0 aliphatic heterocycles. The number of nitrogens with zero attached hydrogens (tertiary/aromatic N) is 2. The highest BCUT2D eigenvalue weighted by molar-refractivity contribution is 8.05. The van der Waals surface area contributed by atoms with E-state index in [0.29, 0.717) is 0 Å². The number of halogens is 7. The molecule has 0 amide bonds. The van der Waals surface area contributed by atoms with Gasteiger partial charge in [0, 0.05) is 22.5 Å². The van der Waals surface area contributed by atoms with Gasteiger partial charge in [-0.15, -0.1) is 0 Å². The third-order valence-electron chi connectivity index (χ3n) is 1.25. The van der Waals surface area contributed by atoms with Gasteiger partial charge in [0.1, 0.15) is 5.02 Å². The smallest absolute Gasteiger partial charge is 0.387 e. The second kappa shape index (κ2) is 4.97. The fraction of sp³-hybridized carbons (Fsp3) is 0.200. The van der Waals surface area contributed by atoms with Crippen LogP contribution < -0.4 is 4.52 Å². The van der Waals surface area contributed by atoms with Crippen molar-refractivity contribution in [3.8, 4) is 6.01 Å². The molecular weight excluding hydrogens is 350 g/mol. The normalized spacial score (nSPS) is 12.6. The van der Waals surface area contributed by atoms with E-state index in [4.69, 9.17) is 45.7 Å². The molecule has 0 N–H and O–H groups in total. The van der Waals surface area contributed by atoms with Gasteiger partial charge in [-0.25, -0.2) is 4.57 Å². The lowest BCUT2D eigenvalue weighted by Crippen LogP contribution is -2.11. The summed E-state index contributed by atoms with van der Waals surface area (Å²) >= 11 is 20.5. The molecule has 0 bridgehead atoms. The van der Waals surface area contributed by atoms with Crippen LogP contribution in [-0.4, -0.2) is 9.97 Å². The summed E-state index contributed by atoms with van der Waals surface area (Å²) in [4.78, 5) is 6.07. The van der Waals surface area contributed by atoms with E-state index in [-0.39, 0.29) is 0 Å². The van der Waals surface area contributed by atoms with Crippen molar-refractivity contribution in [2.75, 3.05) is 0 Å². The minimum atomic E-state index is -4.88. The van der Waals surface area contributed by atoms with Crippen LogP contribution >= 0.6 is 51.8 Å². The highest BCUT2D eigenvalue weighted by atomic mass is 35.9. The summed E-state index contributed by atoms with van der Waals surface area (Å²) in [5.41, 5.74) is -1.55. The van der Waals surface area contributed by atoms with Crippen molar-refractivity contribution in [3.63, 3.8) is 0 Å². The van der Waals surface area contributed by atoms with Gasteiger partial charge in [0.25, 0.3) is 0 Å². The lowest BCUT2D eigenvalue weighted by atomic mass is 10.4. The summed E-state index contributed by atoms with van der Waals surface area (Å²) in [6, 6.07) is -0.986. The molecule has 1 rings (SSSR count). The van der Waals surface area contributed by atoms with Gasteiger partial charge in [-0.3, -0.25) is 0 Å². The standard InChI is InChI=1S/C5Cl4F3N2O2P/c6-1-2(5(10,11)12)13-4(14-3(1)7)16-17(8,9)15. The Morgan fingerprint density at radius 3 is 2.12 bits per heavy atom. The molecule has 17 heavy (non-hydrogen) atoms. The van der Waals surface area contributed by atoms with Gasteiger partial charge in [-0.1, -0.05) is 23.2 Å². The number of rotatable bonds is 2. The molecule has 0 atom stereocenters. The average molecular weight is 350 g/mol. The maximum absolute atomic E-state index is 12.4. The van der Waals surface area contributed by atoms with Crippen molar-refractivity contribution >= 4 is 51.8 Å². The van der Waals surface area contributed by atoms with Gasteiger partial charge in [0.15, 0.2) is 10.8 Å². The third kappa shape index (κ3) is 4.34. The van der Waals surface area contributed by atoms with Crippen LogP contribution in [0.25, 0.3) is 0 Å². The van der Waals surface area contributed by atoms with Crippen molar-refractivity contribution in [3.05, 3.63) is 15.9 Å². The molecule has 4 nitrogen and oxygen atoms in total. The number of hydrogen-bond acceptors (Lipinski definition) is 4. The number of aromatic nitrogens is 2. The zero-order valence-electron chi connectivity index (χ0n) is 7.30. The molecule has 0 aliphatic carbocycles. The Balaban J connectivity index is 3.30. The third-order valence-corrected chi connectivity index (χ3v) is 2.76. The first-order chi connectivity index (χ1) is 7.50. The molecule has 0 saturated carbocycles. The van der Waals surface area contributed by atoms with Crippen LogP contribution in [0.2, 0.25) is 10.2 Å². The molecule has 0 radical (unpaired) electrons. The second-order valence-electron chi connectivity index (χ2n) is 2.46. The Morgan fingerprint density at radius 1 is 1.18 bits per heavy atom. The Hall–Kier alpha value is 0.0600. The van der Waals surface area contributed by atoms with Crippen LogP contribution in [0.15, 0.2) is 0 Å². The van der Waals surface area contributed by atoms with E-state index in [1.165, 1.54) is 0 Å². The van der Waals surface area contributed by atoms with Crippen LogP contribution in [0.4, 0.5) is 13.2 Å². The van der Waals surface area contributed by atoms with Gasteiger partial charge in [-0.2, -0.15) is 23.1 Å². The van der Waals surface area contributed by atoms with Gasteiger partial charge >= 0.3 is 18.3 Å². The SMILES string of the molecule is O=P(Cl)(Cl)Oc1nc(Cl)c(Cl)c(C(F)(F)F)n1. The van der Waals surface area contributed by atoms with Crippen LogP contribution in [0.1, 0.15) is 5.69 Å². The Bertz CT molecular complexity index is 491. The van der Waals surface area contributed by atoms with Gasteiger partial charge < -0.3 is 4.52 Å². The van der Waals surface area contributed by atoms with Gasteiger partial charge in [0.05, 0.1) is 0 Å². The summed E-state index contributed by atoms with van der Waals surface area (Å²) < 4.78 is 52.3. The quantitative estimate of drug-likeness (QED) is 0.570. The maximum atomic E-state index is 12.4. The van der Waals surface area contributed by atoms with Crippen molar-refractivity contribution in [2.45, 2.75) is 6.18 Å². The predicted octanol–water partition coefficient (Wildman–Crippen LogP) is 4.77. The number of hydrogen-bond donors (Lipinski definition) is 0. The second-order valence-corrected chi connectivity index (χ2v) is 7.40. The highest BCUT2D eigenvalue weighted by Crippen LogP contribution is 2.56. The molecule has 0 aliphatic rings. The lowest BCUT2D eigenvalue weighted by molar-refractivity contribution is -0.141. The van der Waals surface area contributed by atoms with E-state index in [1.807, 2.05) is 0 Å². The van der Waals surface area contributed by atoms with E-state index < -0.39 is 34.1 Å². The minimum Gasteiger partial charge on any atom is -0.387 e. The molecule has 1 aromatic heterocycles. The first-order valence-electron chi connectivity index (χ1n) is 3.50. The van der Waals surface area contributed by atoms with Crippen molar-refractivity contribution in [2.24, 2.45) is 0 Å². The molecule has 96 valence electrons. The van der Waals surface area contributed by atoms with Crippen molar-refractivity contribution in [1.29, 1.82) is 0 Å². The Labute approximate surface area is 112 Å². The molecule has 12 heteroatoms. The molecule has 0 saturated heterocycles. The predicted molar refractivity (Wildman–Crippen MR) is 57.0 cm³/mol. The number of alkyl halides is 3. The monoisotopic (exact) mass is 348 g/mol.